The van der Waals surface area contributed by atoms with Gasteiger partial charge < -0.3 is 4.74 Å². The maximum Gasteiger partial charge on any atom is 0.314 e. The number of hydrogen-bond donors (Lipinski definition) is 0. The molecular weight excluding hydrogens is 248 g/mol. The van der Waals surface area contributed by atoms with Crippen LogP contribution < -0.4 is 4.74 Å². The lowest BCUT2D eigenvalue weighted by Crippen LogP contribution is -2.22. The number of carbonyl (C=O) groups excluding carboxylic acids is 1. The van der Waals surface area contributed by atoms with Crippen molar-refractivity contribution in [2.24, 2.45) is 5.92 Å². The third-order valence-corrected chi connectivity index (χ3v) is 3.87. The molecule has 0 aromatic heterocycles. The zero-order valence-electron chi connectivity index (χ0n) is 11.6. The Balaban J connectivity index is 1.83. The van der Waals surface area contributed by atoms with Crippen LogP contribution in [0.4, 0.5) is 0 Å². The van der Waals surface area contributed by atoms with E-state index in [1.54, 1.807) is 0 Å². The number of benzene rings is 2. The van der Waals surface area contributed by atoms with Gasteiger partial charge in [-0.3, -0.25) is 4.79 Å². The van der Waals surface area contributed by atoms with Crippen LogP contribution in [-0.2, 0) is 4.79 Å². The summed E-state index contributed by atoms with van der Waals surface area (Å²) >= 11 is 0. The number of esters is 1. The van der Waals surface area contributed by atoms with E-state index in [0.717, 1.165) is 30.0 Å². The first kappa shape index (κ1) is 12.9. The summed E-state index contributed by atoms with van der Waals surface area (Å²) in [5.41, 5.74) is 1.29. The van der Waals surface area contributed by atoms with Crippen LogP contribution in [0.1, 0.15) is 26.2 Å². The van der Waals surface area contributed by atoms with Crippen molar-refractivity contribution in [2.45, 2.75) is 26.2 Å². The van der Waals surface area contributed by atoms with Crippen molar-refractivity contribution in [3.05, 3.63) is 54.1 Å². The first-order valence-corrected chi connectivity index (χ1v) is 7.09. The summed E-state index contributed by atoms with van der Waals surface area (Å²) in [6, 6.07) is 13.8. The van der Waals surface area contributed by atoms with E-state index in [9.17, 15) is 4.79 Å². The van der Waals surface area contributed by atoms with Gasteiger partial charge in [0.25, 0.3) is 0 Å². The van der Waals surface area contributed by atoms with Crippen molar-refractivity contribution < 1.29 is 9.53 Å². The summed E-state index contributed by atoms with van der Waals surface area (Å²) in [5.74, 6) is 0.563. The Bertz CT molecular complexity index is 665. The maximum absolute atomic E-state index is 12.3. The van der Waals surface area contributed by atoms with Crippen molar-refractivity contribution in [3.8, 4) is 5.75 Å². The van der Waals surface area contributed by atoms with Crippen LogP contribution in [-0.4, -0.2) is 5.97 Å². The van der Waals surface area contributed by atoms with Gasteiger partial charge in [0, 0.05) is 5.39 Å². The lowest BCUT2D eigenvalue weighted by Gasteiger charge is -2.19. The fraction of sp³-hybridized carbons (Fsp3) is 0.278. The van der Waals surface area contributed by atoms with E-state index in [-0.39, 0.29) is 11.9 Å². The Morgan fingerprint density at radius 1 is 1.15 bits per heavy atom. The zero-order valence-corrected chi connectivity index (χ0v) is 11.6. The van der Waals surface area contributed by atoms with Crippen LogP contribution in [0.2, 0.25) is 0 Å². The van der Waals surface area contributed by atoms with E-state index in [1.165, 1.54) is 5.57 Å². The van der Waals surface area contributed by atoms with Gasteiger partial charge in [0.15, 0.2) is 0 Å². The number of rotatable bonds is 2. The van der Waals surface area contributed by atoms with Crippen LogP contribution in [0.25, 0.3) is 10.8 Å². The first-order chi connectivity index (χ1) is 9.74. The number of allylic oxidation sites excluding steroid dienone is 2. The lowest BCUT2D eigenvalue weighted by molar-refractivity contribution is -0.139. The molecule has 20 heavy (non-hydrogen) atoms. The molecule has 1 unspecified atom stereocenters. The molecule has 0 saturated heterocycles. The van der Waals surface area contributed by atoms with E-state index >= 15 is 0 Å². The second-order valence-electron chi connectivity index (χ2n) is 5.43. The predicted octanol–water partition coefficient (Wildman–Crippen LogP) is 4.49. The molecule has 0 saturated carbocycles. The monoisotopic (exact) mass is 266 g/mol. The van der Waals surface area contributed by atoms with Gasteiger partial charge in [-0.05, 0) is 37.6 Å². The summed E-state index contributed by atoms with van der Waals surface area (Å²) < 4.78 is 5.65. The molecule has 0 spiro atoms. The summed E-state index contributed by atoms with van der Waals surface area (Å²) in [7, 11) is 0. The minimum Gasteiger partial charge on any atom is -0.426 e. The second-order valence-corrected chi connectivity index (χ2v) is 5.43. The molecule has 2 aromatic rings. The molecule has 0 amide bonds. The highest BCUT2D eigenvalue weighted by atomic mass is 16.5. The van der Waals surface area contributed by atoms with Gasteiger partial charge in [-0.1, -0.05) is 48.0 Å². The largest absolute Gasteiger partial charge is 0.426 e. The average Bonchev–Trinajstić information content (AvgIpc) is 2.47. The van der Waals surface area contributed by atoms with Crippen molar-refractivity contribution in [3.63, 3.8) is 0 Å². The Hall–Kier alpha value is -2.09. The van der Waals surface area contributed by atoms with Gasteiger partial charge in [0.2, 0.25) is 0 Å². The number of hydrogen-bond acceptors (Lipinski definition) is 2. The van der Waals surface area contributed by atoms with E-state index in [2.05, 4.69) is 13.0 Å². The Kier molecular flexibility index (Phi) is 3.55. The van der Waals surface area contributed by atoms with Gasteiger partial charge >= 0.3 is 5.97 Å². The number of ether oxygens (including phenoxy) is 1. The molecule has 1 aliphatic rings. The second kappa shape index (κ2) is 5.49. The molecule has 0 heterocycles. The molecule has 0 N–H and O–H groups in total. The molecule has 2 heteroatoms. The molecule has 1 aliphatic carbocycles. The fourth-order valence-electron chi connectivity index (χ4n) is 2.78. The maximum atomic E-state index is 12.3. The quantitative estimate of drug-likeness (QED) is 0.455. The van der Waals surface area contributed by atoms with Crippen LogP contribution in [0, 0.1) is 5.92 Å². The fourth-order valence-corrected chi connectivity index (χ4v) is 2.78. The standard InChI is InChI=1S/C18H18O2/c1-13-6-4-9-15(12-13)18(19)20-17-11-5-8-14-7-2-3-10-16(14)17/h2-3,5-8,10-11,15H,4,9,12H2,1H3. The molecule has 2 aromatic carbocycles. The Morgan fingerprint density at radius 2 is 1.95 bits per heavy atom. The normalized spacial score (nSPS) is 18.6. The molecule has 3 rings (SSSR count). The van der Waals surface area contributed by atoms with Crippen LogP contribution in [0.15, 0.2) is 54.1 Å². The van der Waals surface area contributed by atoms with Crippen molar-refractivity contribution >= 4 is 16.7 Å². The summed E-state index contributed by atoms with van der Waals surface area (Å²) in [4.78, 5) is 12.3. The molecule has 0 bridgehead atoms. The van der Waals surface area contributed by atoms with Gasteiger partial charge in [-0.2, -0.15) is 0 Å². The van der Waals surface area contributed by atoms with E-state index in [1.807, 2.05) is 42.5 Å². The smallest absolute Gasteiger partial charge is 0.314 e. The number of fused-ring (bicyclic) bond motifs is 1. The predicted molar refractivity (Wildman–Crippen MR) is 80.7 cm³/mol. The minimum absolute atomic E-state index is 0.000955. The molecular formula is C18H18O2. The molecule has 1 atom stereocenters. The van der Waals surface area contributed by atoms with E-state index in [0.29, 0.717) is 5.75 Å². The Labute approximate surface area is 119 Å². The third kappa shape index (κ3) is 2.60. The van der Waals surface area contributed by atoms with Crippen molar-refractivity contribution in [2.75, 3.05) is 0 Å². The van der Waals surface area contributed by atoms with Gasteiger partial charge in [0.1, 0.15) is 5.75 Å². The van der Waals surface area contributed by atoms with Crippen molar-refractivity contribution in [1.82, 2.24) is 0 Å². The lowest BCUT2D eigenvalue weighted by atomic mass is 9.90. The van der Waals surface area contributed by atoms with Gasteiger partial charge in [-0.25, -0.2) is 0 Å². The SMILES string of the molecule is CC1=CCCC(C(=O)Oc2cccc3ccccc23)C1. The molecule has 2 nitrogen and oxygen atoms in total. The highest BCUT2D eigenvalue weighted by Crippen LogP contribution is 2.29. The third-order valence-electron chi connectivity index (χ3n) is 3.87. The average molecular weight is 266 g/mol. The van der Waals surface area contributed by atoms with Gasteiger partial charge in [-0.15, -0.1) is 0 Å². The molecule has 0 radical (unpaired) electrons. The topological polar surface area (TPSA) is 26.3 Å². The van der Waals surface area contributed by atoms with Crippen molar-refractivity contribution in [1.29, 1.82) is 0 Å². The van der Waals surface area contributed by atoms with Crippen LogP contribution in [0.5, 0.6) is 5.75 Å². The van der Waals surface area contributed by atoms with Crippen LogP contribution in [0.3, 0.4) is 0 Å². The highest BCUT2D eigenvalue weighted by molar-refractivity contribution is 5.90. The highest BCUT2D eigenvalue weighted by Gasteiger charge is 2.23. The number of carbonyl (C=O) groups is 1. The van der Waals surface area contributed by atoms with E-state index < -0.39 is 0 Å². The first-order valence-electron chi connectivity index (χ1n) is 7.09. The Morgan fingerprint density at radius 3 is 2.80 bits per heavy atom. The zero-order chi connectivity index (χ0) is 13.9. The summed E-state index contributed by atoms with van der Waals surface area (Å²) in [6.07, 6.45) is 4.90. The summed E-state index contributed by atoms with van der Waals surface area (Å²) in [6.45, 7) is 2.08. The van der Waals surface area contributed by atoms with Gasteiger partial charge in [0.05, 0.1) is 5.92 Å². The minimum atomic E-state index is -0.103. The summed E-state index contributed by atoms with van der Waals surface area (Å²) in [5, 5.41) is 2.09. The van der Waals surface area contributed by atoms with E-state index in [4.69, 9.17) is 4.74 Å². The molecule has 0 fully saturated rings. The molecule has 102 valence electrons. The molecule has 0 aliphatic heterocycles. The van der Waals surface area contributed by atoms with Crippen LogP contribution >= 0.6 is 0 Å².